The van der Waals surface area contributed by atoms with Crippen molar-refractivity contribution >= 4 is 23.4 Å². The summed E-state index contributed by atoms with van der Waals surface area (Å²) in [5.41, 5.74) is 1.42. The van der Waals surface area contributed by atoms with Crippen molar-refractivity contribution in [3.05, 3.63) is 64.5 Å². The molecule has 1 atom stereocenters. The first kappa shape index (κ1) is 19.1. The van der Waals surface area contributed by atoms with Crippen LogP contribution in [0.25, 0.3) is 0 Å². The van der Waals surface area contributed by atoms with Crippen LogP contribution in [0, 0.1) is 5.82 Å². The van der Waals surface area contributed by atoms with Crippen molar-refractivity contribution < 1.29 is 27.6 Å². The maximum Gasteiger partial charge on any atom is 0.255 e. The number of anilines is 1. The van der Waals surface area contributed by atoms with E-state index in [0.717, 1.165) is 23.6 Å². The van der Waals surface area contributed by atoms with E-state index in [4.69, 9.17) is 8.85 Å². The maximum atomic E-state index is 15.1. The van der Waals surface area contributed by atoms with Crippen LogP contribution in [-0.2, 0) is 33.9 Å². The fourth-order valence-electron chi connectivity index (χ4n) is 4.44. The van der Waals surface area contributed by atoms with Crippen LogP contribution in [0.2, 0.25) is 0 Å². The van der Waals surface area contributed by atoms with Crippen LogP contribution in [0.1, 0.15) is 44.0 Å². The summed E-state index contributed by atoms with van der Waals surface area (Å²) >= 11 is 0. The monoisotopic (exact) mass is 469 g/mol. The summed E-state index contributed by atoms with van der Waals surface area (Å²) in [6.07, 6.45) is -0.202. The van der Waals surface area contributed by atoms with Gasteiger partial charge in [-0.1, -0.05) is 18.2 Å². The molecule has 2 aromatic carbocycles. The summed E-state index contributed by atoms with van der Waals surface area (Å²) in [5.74, 6) is -2.61. The molecule has 2 aromatic rings. The molecule has 9 heteroatoms. The topological polar surface area (TPSA) is 91.0 Å². The second kappa shape index (κ2) is 9.52. The van der Waals surface area contributed by atoms with E-state index in [-0.39, 0.29) is 36.2 Å². The zero-order chi connectivity index (χ0) is 26.4. The molecule has 1 unspecified atom stereocenters. The van der Waals surface area contributed by atoms with Gasteiger partial charge in [0.2, 0.25) is 11.8 Å². The van der Waals surface area contributed by atoms with Gasteiger partial charge in [0, 0.05) is 61.5 Å². The van der Waals surface area contributed by atoms with E-state index in [0.29, 0.717) is 25.3 Å². The third-order valence-electron chi connectivity index (χ3n) is 6.27. The van der Waals surface area contributed by atoms with Gasteiger partial charge in [-0.05, 0) is 30.2 Å². The lowest BCUT2D eigenvalue weighted by Gasteiger charge is -2.29. The van der Waals surface area contributed by atoms with E-state index in [1.807, 2.05) is 0 Å². The Bertz CT molecular complexity index is 1270. The average Bonchev–Trinajstić information content (AvgIpc) is 3.20. The van der Waals surface area contributed by atoms with Gasteiger partial charge in [-0.25, -0.2) is 4.39 Å². The van der Waals surface area contributed by atoms with E-state index >= 15 is 4.39 Å². The summed E-state index contributed by atoms with van der Waals surface area (Å²) in [6.45, 7) is 0.836. The van der Waals surface area contributed by atoms with Crippen LogP contribution in [0.15, 0.2) is 36.4 Å². The summed E-state index contributed by atoms with van der Waals surface area (Å²) < 4.78 is 46.2. The van der Waals surface area contributed by atoms with Crippen molar-refractivity contribution in [1.82, 2.24) is 15.1 Å². The van der Waals surface area contributed by atoms with Crippen LogP contribution in [0.3, 0.4) is 0 Å². The Hall–Kier alpha value is -3.30. The molecule has 0 radical (unpaired) electrons. The highest BCUT2D eigenvalue weighted by molar-refractivity contribution is 6.06. The molecule has 2 N–H and O–H groups in total. The summed E-state index contributed by atoms with van der Waals surface area (Å²) in [6, 6.07) is 7.15. The van der Waals surface area contributed by atoms with Gasteiger partial charge in [0.1, 0.15) is 11.8 Å². The van der Waals surface area contributed by atoms with E-state index in [1.54, 1.807) is 18.2 Å². The zero-order valence-electron chi connectivity index (χ0n) is 21.5. The number of hydrogen-bond donors (Lipinski definition) is 2. The molecule has 0 aromatic heterocycles. The number of halogens is 1. The summed E-state index contributed by atoms with van der Waals surface area (Å²) in [5, 5.41) is 4.84. The Kier molecular flexibility index (Phi) is 5.33. The lowest BCUT2D eigenvalue weighted by molar-refractivity contribution is -0.136. The molecule has 2 fully saturated rings. The number of morpholine rings is 1. The van der Waals surface area contributed by atoms with Gasteiger partial charge in [-0.15, -0.1) is 0 Å². The van der Waals surface area contributed by atoms with Crippen LogP contribution >= 0.6 is 0 Å². The minimum atomic E-state index is -2.32. The van der Waals surface area contributed by atoms with Gasteiger partial charge in [0.05, 0.1) is 17.3 Å². The third-order valence-corrected chi connectivity index (χ3v) is 6.27. The number of carbonyl (C=O) groups is 3. The van der Waals surface area contributed by atoms with E-state index in [2.05, 4.69) is 15.5 Å². The van der Waals surface area contributed by atoms with Crippen molar-refractivity contribution in [2.24, 2.45) is 0 Å². The molecule has 0 spiro atoms. The molecular formula is C25H27FN4O4. The summed E-state index contributed by atoms with van der Waals surface area (Å²) in [7, 11) is 0. The molecule has 178 valence electrons. The standard InChI is InChI=1S/C25H27FN4O4/c26-20-12-16(14-29-8-10-34-11-9-29)4-5-17(20)13-27-21-3-1-2-18-19(21)15-30(25(18)33)22-6-7-23(31)28-24(22)32/h1-5,12,22,27H,6-11,13-15H2,(H,28,31,32)/i13D2,22D. The number of nitrogens with zero attached hydrogens (tertiary/aromatic N) is 2. The van der Waals surface area contributed by atoms with E-state index in [1.165, 1.54) is 18.2 Å². The number of nitrogens with one attached hydrogen (secondary N) is 2. The molecular weight excluding hydrogens is 439 g/mol. The number of hydrogen-bond acceptors (Lipinski definition) is 6. The Morgan fingerprint density at radius 3 is 2.79 bits per heavy atom. The first-order chi connectivity index (χ1) is 17.6. The van der Waals surface area contributed by atoms with Gasteiger partial charge in [0.25, 0.3) is 5.91 Å². The number of carbonyl (C=O) groups excluding carboxylic acids is 3. The van der Waals surface area contributed by atoms with Gasteiger partial charge in [-0.3, -0.25) is 24.6 Å². The fraction of sp³-hybridized carbons (Fsp3) is 0.400. The smallest absolute Gasteiger partial charge is 0.255 e. The first-order valence-corrected chi connectivity index (χ1v) is 11.2. The predicted molar refractivity (Wildman–Crippen MR) is 122 cm³/mol. The average molecular weight is 470 g/mol. The van der Waals surface area contributed by atoms with E-state index in [9.17, 15) is 14.4 Å². The second-order valence-corrected chi connectivity index (χ2v) is 8.50. The van der Waals surface area contributed by atoms with Crippen molar-refractivity contribution in [2.75, 3.05) is 31.6 Å². The zero-order valence-corrected chi connectivity index (χ0v) is 18.5. The molecule has 0 bridgehead atoms. The number of fused-ring (bicyclic) bond motifs is 1. The fourth-order valence-corrected chi connectivity index (χ4v) is 4.44. The van der Waals surface area contributed by atoms with Crippen LogP contribution in [0.4, 0.5) is 10.1 Å². The molecule has 3 amide bonds. The molecule has 0 aliphatic carbocycles. The normalized spacial score (nSPS) is 24.8. The van der Waals surface area contributed by atoms with E-state index < -0.39 is 36.1 Å². The van der Waals surface area contributed by atoms with Crippen molar-refractivity contribution in [1.29, 1.82) is 0 Å². The SMILES string of the molecule is [2H]C([2H])(Nc1cccc2c1CN(C1([2H])CCC(=O)NC1=O)C2=O)c1ccc(CN2CCOCC2)cc1F. The number of rotatable bonds is 6. The number of benzene rings is 2. The first-order valence-electron chi connectivity index (χ1n) is 12.7. The number of ether oxygens (including phenoxy) is 1. The number of imide groups is 1. The Balaban J connectivity index is 1.36. The van der Waals surface area contributed by atoms with Gasteiger partial charge < -0.3 is 15.0 Å². The third kappa shape index (κ3) is 4.53. The highest BCUT2D eigenvalue weighted by Crippen LogP contribution is 2.32. The highest BCUT2D eigenvalue weighted by atomic mass is 19.1. The van der Waals surface area contributed by atoms with Gasteiger partial charge in [0.15, 0.2) is 0 Å². The lowest BCUT2D eigenvalue weighted by Crippen LogP contribution is -2.52. The molecule has 3 aliphatic rings. The molecule has 3 heterocycles. The van der Waals surface area contributed by atoms with Crippen molar-refractivity contribution in [3.8, 4) is 0 Å². The quantitative estimate of drug-likeness (QED) is 0.630. The second-order valence-electron chi connectivity index (χ2n) is 8.50. The largest absolute Gasteiger partial charge is 0.381 e. The van der Waals surface area contributed by atoms with Crippen LogP contribution in [-0.4, -0.2) is 59.8 Å². The van der Waals surface area contributed by atoms with Gasteiger partial charge >= 0.3 is 0 Å². The minimum absolute atomic E-state index is 0.0656. The van der Waals surface area contributed by atoms with Crippen LogP contribution in [0.5, 0.6) is 0 Å². The maximum absolute atomic E-state index is 15.1. The van der Waals surface area contributed by atoms with Gasteiger partial charge in [-0.2, -0.15) is 0 Å². The van der Waals surface area contributed by atoms with Crippen molar-refractivity contribution in [3.63, 3.8) is 0 Å². The Labute approximate surface area is 201 Å². The lowest BCUT2D eigenvalue weighted by atomic mass is 10.0. The highest BCUT2D eigenvalue weighted by Gasteiger charge is 2.39. The Morgan fingerprint density at radius 1 is 1.21 bits per heavy atom. The molecule has 34 heavy (non-hydrogen) atoms. The molecule has 2 saturated heterocycles. The molecule has 8 nitrogen and oxygen atoms in total. The molecule has 3 aliphatic heterocycles. The molecule has 0 saturated carbocycles. The van der Waals surface area contributed by atoms with Crippen LogP contribution < -0.4 is 10.6 Å². The minimum Gasteiger partial charge on any atom is -0.381 e. The Morgan fingerprint density at radius 2 is 2.03 bits per heavy atom. The van der Waals surface area contributed by atoms with Crippen molar-refractivity contribution in [2.45, 2.75) is 38.4 Å². The number of amides is 3. The number of piperidine rings is 1. The predicted octanol–water partition coefficient (Wildman–Crippen LogP) is 2.03. The molecule has 5 rings (SSSR count). The summed E-state index contributed by atoms with van der Waals surface area (Å²) in [4.78, 5) is 40.4.